The number of sulfonamides is 1. The second-order valence-electron chi connectivity index (χ2n) is 4.78. The Balaban J connectivity index is 2.88. The summed E-state index contributed by atoms with van der Waals surface area (Å²) in [6, 6.07) is 6.19. The molecule has 0 fully saturated rings. The van der Waals surface area contributed by atoms with E-state index in [9.17, 15) is 8.42 Å². The van der Waals surface area contributed by atoms with Crippen LogP contribution in [0, 0.1) is 17.8 Å². The zero-order valence-electron chi connectivity index (χ0n) is 12.1. The van der Waals surface area contributed by atoms with Crippen molar-refractivity contribution in [2.75, 3.05) is 6.61 Å². The first-order chi connectivity index (χ1) is 9.40. The summed E-state index contributed by atoms with van der Waals surface area (Å²) in [7, 11) is -3.50. The van der Waals surface area contributed by atoms with Crippen LogP contribution in [0.4, 0.5) is 0 Å². The Kier molecular flexibility index (Phi) is 6.21. The summed E-state index contributed by atoms with van der Waals surface area (Å²) in [5.74, 6) is 5.52. The van der Waals surface area contributed by atoms with Crippen molar-refractivity contribution in [3.05, 3.63) is 29.8 Å². The molecule has 0 heterocycles. The van der Waals surface area contributed by atoms with Crippen molar-refractivity contribution in [1.29, 1.82) is 0 Å². The average molecular weight is 295 g/mol. The van der Waals surface area contributed by atoms with Gasteiger partial charge in [0.05, 0.1) is 4.90 Å². The maximum atomic E-state index is 12.2. The summed E-state index contributed by atoms with van der Waals surface area (Å²) in [6.07, 6.45) is 0.916. The minimum atomic E-state index is -3.50. The third-order valence-corrected chi connectivity index (χ3v) is 4.89. The number of aliphatic hydroxyl groups is 1. The fraction of sp³-hybridized carbons (Fsp3) is 0.467. The molecule has 2 N–H and O–H groups in total. The van der Waals surface area contributed by atoms with Crippen LogP contribution in [0.25, 0.3) is 0 Å². The molecular formula is C15H21NO3S. The van der Waals surface area contributed by atoms with E-state index in [1.165, 1.54) is 12.1 Å². The summed E-state index contributed by atoms with van der Waals surface area (Å²) in [4.78, 5) is 0.224. The molecule has 5 heteroatoms. The van der Waals surface area contributed by atoms with Gasteiger partial charge >= 0.3 is 0 Å². The second-order valence-corrected chi connectivity index (χ2v) is 6.49. The lowest BCUT2D eigenvalue weighted by molar-refractivity contribution is 0.350. The maximum absolute atomic E-state index is 12.2. The van der Waals surface area contributed by atoms with Crippen molar-refractivity contribution in [2.24, 2.45) is 5.92 Å². The maximum Gasteiger partial charge on any atom is 0.240 e. The summed E-state index contributed by atoms with van der Waals surface area (Å²) in [5, 5.41) is 8.61. The van der Waals surface area contributed by atoms with Crippen LogP contribution < -0.4 is 4.72 Å². The molecular weight excluding hydrogens is 274 g/mol. The molecule has 20 heavy (non-hydrogen) atoms. The van der Waals surface area contributed by atoms with Gasteiger partial charge in [0.25, 0.3) is 0 Å². The molecule has 0 aliphatic carbocycles. The van der Waals surface area contributed by atoms with Crippen molar-refractivity contribution in [2.45, 2.75) is 38.1 Å². The molecule has 0 bridgehead atoms. The van der Waals surface area contributed by atoms with Gasteiger partial charge in [0.15, 0.2) is 0 Å². The van der Waals surface area contributed by atoms with E-state index in [0.717, 1.165) is 6.42 Å². The predicted octanol–water partition coefficient (Wildman–Crippen LogP) is 1.74. The Labute approximate surface area is 121 Å². The molecule has 1 aromatic carbocycles. The van der Waals surface area contributed by atoms with Crippen LogP contribution in [0.2, 0.25) is 0 Å². The minimum Gasteiger partial charge on any atom is -0.384 e. The van der Waals surface area contributed by atoms with Gasteiger partial charge in [-0.1, -0.05) is 32.1 Å². The van der Waals surface area contributed by atoms with Crippen LogP contribution in [0.15, 0.2) is 29.2 Å². The molecule has 0 aromatic heterocycles. The number of aliphatic hydroxyl groups excluding tert-OH is 1. The zero-order valence-corrected chi connectivity index (χ0v) is 12.9. The lowest BCUT2D eigenvalue weighted by Crippen LogP contribution is -2.36. The molecule has 0 aliphatic rings. The Bertz CT molecular complexity index is 582. The Morgan fingerprint density at radius 3 is 2.35 bits per heavy atom. The number of nitrogens with one attached hydrogen (secondary N) is 1. The van der Waals surface area contributed by atoms with Gasteiger partial charge in [-0.05, 0) is 37.1 Å². The Morgan fingerprint density at radius 2 is 1.85 bits per heavy atom. The van der Waals surface area contributed by atoms with E-state index >= 15 is 0 Å². The lowest BCUT2D eigenvalue weighted by atomic mass is 10.0. The quantitative estimate of drug-likeness (QED) is 0.813. The summed E-state index contributed by atoms with van der Waals surface area (Å²) >= 11 is 0. The van der Waals surface area contributed by atoms with Crippen LogP contribution in [0.5, 0.6) is 0 Å². The Morgan fingerprint density at radius 1 is 1.25 bits per heavy atom. The first kappa shape index (κ1) is 16.7. The Hall–Kier alpha value is -1.35. The molecule has 1 aromatic rings. The fourth-order valence-electron chi connectivity index (χ4n) is 1.64. The van der Waals surface area contributed by atoms with E-state index in [1.807, 2.05) is 20.8 Å². The third-order valence-electron chi connectivity index (χ3n) is 3.31. The molecule has 2 atom stereocenters. The van der Waals surface area contributed by atoms with Crippen LogP contribution >= 0.6 is 0 Å². The van der Waals surface area contributed by atoms with Crippen LogP contribution in [0.1, 0.15) is 32.8 Å². The molecule has 1 rings (SSSR count). The molecule has 0 saturated heterocycles. The molecule has 0 saturated carbocycles. The third kappa shape index (κ3) is 4.64. The van der Waals surface area contributed by atoms with E-state index in [1.54, 1.807) is 12.1 Å². The number of hydrogen-bond acceptors (Lipinski definition) is 3. The van der Waals surface area contributed by atoms with Gasteiger partial charge in [0.2, 0.25) is 10.0 Å². The second kappa shape index (κ2) is 7.44. The number of rotatable bonds is 5. The van der Waals surface area contributed by atoms with E-state index in [0.29, 0.717) is 5.56 Å². The highest BCUT2D eigenvalue weighted by molar-refractivity contribution is 7.89. The molecule has 110 valence electrons. The van der Waals surface area contributed by atoms with Gasteiger partial charge in [-0.2, -0.15) is 0 Å². The molecule has 2 unspecified atom stereocenters. The lowest BCUT2D eigenvalue weighted by Gasteiger charge is -2.19. The van der Waals surface area contributed by atoms with Gasteiger partial charge < -0.3 is 5.11 Å². The highest BCUT2D eigenvalue weighted by atomic mass is 32.2. The van der Waals surface area contributed by atoms with Gasteiger partial charge in [-0.15, -0.1) is 0 Å². The molecule has 0 radical (unpaired) electrons. The molecule has 0 aliphatic heterocycles. The van der Waals surface area contributed by atoms with Crippen molar-refractivity contribution < 1.29 is 13.5 Å². The van der Waals surface area contributed by atoms with Crippen molar-refractivity contribution in [1.82, 2.24) is 4.72 Å². The first-order valence-corrected chi connectivity index (χ1v) is 8.11. The molecule has 4 nitrogen and oxygen atoms in total. The summed E-state index contributed by atoms with van der Waals surface area (Å²) in [6.45, 7) is 5.70. The van der Waals surface area contributed by atoms with Gasteiger partial charge in [-0.25, -0.2) is 13.1 Å². The highest BCUT2D eigenvalue weighted by Gasteiger charge is 2.20. The SMILES string of the molecule is CCC(C)C(C)NS(=O)(=O)c1ccc(C#CCO)cc1. The van der Waals surface area contributed by atoms with Gasteiger partial charge in [-0.3, -0.25) is 0 Å². The van der Waals surface area contributed by atoms with E-state index in [-0.39, 0.29) is 23.5 Å². The van der Waals surface area contributed by atoms with Gasteiger partial charge in [0, 0.05) is 11.6 Å². The van der Waals surface area contributed by atoms with Crippen molar-refractivity contribution in [3.63, 3.8) is 0 Å². The fourth-order valence-corrected chi connectivity index (χ4v) is 2.99. The highest BCUT2D eigenvalue weighted by Crippen LogP contribution is 2.14. The van der Waals surface area contributed by atoms with E-state index in [4.69, 9.17) is 5.11 Å². The number of benzene rings is 1. The minimum absolute atomic E-state index is 0.112. The van der Waals surface area contributed by atoms with Gasteiger partial charge in [0.1, 0.15) is 6.61 Å². The van der Waals surface area contributed by atoms with E-state index in [2.05, 4.69) is 16.6 Å². The van der Waals surface area contributed by atoms with Crippen LogP contribution in [0.3, 0.4) is 0 Å². The predicted molar refractivity (Wildman–Crippen MR) is 79.6 cm³/mol. The monoisotopic (exact) mass is 295 g/mol. The smallest absolute Gasteiger partial charge is 0.240 e. The largest absolute Gasteiger partial charge is 0.384 e. The molecule has 0 amide bonds. The zero-order chi connectivity index (χ0) is 15.2. The van der Waals surface area contributed by atoms with Crippen molar-refractivity contribution in [3.8, 4) is 11.8 Å². The van der Waals surface area contributed by atoms with Crippen LogP contribution in [-0.4, -0.2) is 26.2 Å². The average Bonchev–Trinajstić information content (AvgIpc) is 2.44. The van der Waals surface area contributed by atoms with Crippen molar-refractivity contribution >= 4 is 10.0 Å². The first-order valence-electron chi connectivity index (χ1n) is 6.62. The summed E-state index contributed by atoms with van der Waals surface area (Å²) < 4.78 is 27.1. The van der Waals surface area contributed by atoms with E-state index < -0.39 is 10.0 Å². The van der Waals surface area contributed by atoms with Crippen LogP contribution in [-0.2, 0) is 10.0 Å². The topological polar surface area (TPSA) is 66.4 Å². The normalized spacial score (nSPS) is 14.2. The molecule has 0 spiro atoms. The summed E-state index contributed by atoms with van der Waals surface area (Å²) in [5.41, 5.74) is 0.674. The number of hydrogen-bond donors (Lipinski definition) is 2. The standard InChI is InChI=1S/C15H21NO3S/c1-4-12(2)13(3)16-20(18,19)15-9-7-14(8-10-15)6-5-11-17/h7-10,12-13,16-17H,4,11H2,1-3H3.